The van der Waals surface area contributed by atoms with Crippen LogP contribution < -0.4 is 11.2 Å². The summed E-state index contributed by atoms with van der Waals surface area (Å²) in [5.41, 5.74) is -0.932. The second kappa shape index (κ2) is 7.20. The zero-order valence-corrected chi connectivity index (χ0v) is 13.9. The molecule has 0 saturated heterocycles. The maximum absolute atomic E-state index is 12.7. The van der Waals surface area contributed by atoms with Crippen LogP contribution in [0.25, 0.3) is 0 Å². The quantitative estimate of drug-likeness (QED) is 0.483. The minimum atomic E-state index is -0.837. The number of aromatic hydroxyl groups is 1. The molecule has 0 atom stereocenters. The predicted octanol–water partition coefficient (Wildman–Crippen LogP) is 2.40. The molecule has 3 N–H and O–H groups in total. The average molecular weight is 370 g/mol. The predicted molar refractivity (Wildman–Crippen MR) is 97.9 cm³/mol. The highest BCUT2D eigenvalue weighted by atomic mass is 35.5. The maximum atomic E-state index is 12.7. The van der Waals surface area contributed by atoms with E-state index < -0.39 is 17.1 Å². The van der Waals surface area contributed by atoms with Crippen molar-refractivity contribution in [3.8, 4) is 5.88 Å². The molecule has 3 aromatic rings. The molecule has 0 radical (unpaired) electrons. The van der Waals surface area contributed by atoms with Crippen molar-refractivity contribution in [2.75, 3.05) is 0 Å². The summed E-state index contributed by atoms with van der Waals surface area (Å²) in [4.78, 5) is 43.7. The van der Waals surface area contributed by atoms with Crippen LogP contribution in [0.4, 0.5) is 5.69 Å². The summed E-state index contributed by atoms with van der Waals surface area (Å²) < 4.78 is 0. The number of ketones is 1. The molecule has 2 aromatic carbocycles. The third-order valence-electron chi connectivity index (χ3n) is 3.53. The van der Waals surface area contributed by atoms with Crippen molar-refractivity contribution in [1.29, 1.82) is 0 Å². The number of H-pyrrole nitrogens is 2. The van der Waals surface area contributed by atoms with Crippen molar-refractivity contribution >= 4 is 29.3 Å². The lowest BCUT2D eigenvalue weighted by Gasteiger charge is -2.06. The Kier molecular flexibility index (Phi) is 4.81. The largest absolute Gasteiger partial charge is 0.494 e. The molecule has 0 spiro atoms. The Morgan fingerprint density at radius 3 is 2.50 bits per heavy atom. The Labute approximate surface area is 151 Å². The van der Waals surface area contributed by atoms with Gasteiger partial charge in [0.15, 0.2) is 5.78 Å². The lowest BCUT2D eigenvalue weighted by atomic mass is 10.0. The van der Waals surface area contributed by atoms with Gasteiger partial charge in [-0.1, -0.05) is 41.9 Å². The van der Waals surface area contributed by atoms with E-state index in [1.807, 2.05) is 4.98 Å². The third-order valence-corrected chi connectivity index (χ3v) is 3.77. The van der Waals surface area contributed by atoms with E-state index in [0.29, 0.717) is 10.6 Å². The van der Waals surface area contributed by atoms with Gasteiger partial charge in [-0.15, -0.1) is 0 Å². The minimum absolute atomic E-state index is 0.236. The minimum Gasteiger partial charge on any atom is -0.494 e. The number of benzene rings is 2. The van der Waals surface area contributed by atoms with Crippen molar-refractivity contribution in [3.63, 3.8) is 0 Å². The van der Waals surface area contributed by atoms with Crippen molar-refractivity contribution in [2.24, 2.45) is 4.99 Å². The van der Waals surface area contributed by atoms with E-state index in [1.165, 1.54) is 12.1 Å². The fourth-order valence-electron chi connectivity index (χ4n) is 2.29. The van der Waals surface area contributed by atoms with Crippen LogP contribution in [-0.4, -0.2) is 27.1 Å². The third kappa shape index (κ3) is 3.62. The molecule has 0 aliphatic rings. The van der Waals surface area contributed by atoms with E-state index >= 15 is 0 Å². The van der Waals surface area contributed by atoms with E-state index in [1.54, 1.807) is 36.4 Å². The van der Waals surface area contributed by atoms with Gasteiger partial charge >= 0.3 is 5.69 Å². The smallest absolute Gasteiger partial charge is 0.328 e. The molecule has 8 heteroatoms. The number of aromatic amines is 2. The van der Waals surface area contributed by atoms with Gasteiger partial charge in [0, 0.05) is 22.4 Å². The van der Waals surface area contributed by atoms with Crippen LogP contribution >= 0.6 is 11.6 Å². The Morgan fingerprint density at radius 2 is 1.81 bits per heavy atom. The second-order valence-corrected chi connectivity index (χ2v) is 5.72. The molecular weight excluding hydrogens is 358 g/mol. The molecular formula is C18H12ClN3O4. The number of nitrogens with zero attached hydrogens (tertiary/aromatic N) is 1. The first-order valence-corrected chi connectivity index (χ1v) is 7.82. The highest BCUT2D eigenvalue weighted by molar-refractivity contribution is 6.31. The van der Waals surface area contributed by atoms with Gasteiger partial charge < -0.3 is 5.11 Å². The first-order chi connectivity index (χ1) is 12.5. The van der Waals surface area contributed by atoms with Crippen molar-refractivity contribution in [2.45, 2.75) is 0 Å². The maximum Gasteiger partial charge on any atom is 0.328 e. The van der Waals surface area contributed by atoms with Gasteiger partial charge in [0.25, 0.3) is 5.56 Å². The summed E-state index contributed by atoms with van der Waals surface area (Å²) in [6.45, 7) is 0. The number of aliphatic imine (C=N–C) groups is 1. The van der Waals surface area contributed by atoms with Crippen LogP contribution in [-0.2, 0) is 0 Å². The molecule has 0 unspecified atom stereocenters. The van der Waals surface area contributed by atoms with E-state index in [2.05, 4.69) is 9.98 Å². The standard InChI is InChI=1S/C18H12ClN3O4/c19-11-6-7-14(12(8-11)15(23)10-4-2-1-3-5-10)20-9-13-16(24)21-18(26)22-17(13)25/h1-9H,(H3,21,22,24,25,26). The fraction of sp³-hybridized carbons (Fsp3) is 0. The van der Waals surface area contributed by atoms with E-state index in [0.717, 1.165) is 6.21 Å². The second-order valence-electron chi connectivity index (χ2n) is 5.29. The van der Waals surface area contributed by atoms with Gasteiger partial charge in [0.05, 0.1) is 5.69 Å². The Bertz CT molecular complexity index is 1120. The molecule has 0 saturated carbocycles. The van der Waals surface area contributed by atoms with Crippen LogP contribution in [0.5, 0.6) is 5.88 Å². The molecule has 26 heavy (non-hydrogen) atoms. The van der Waals surface area contributed by atoms with E-state index in [-0.39, 0.29) is 22.6 Å². The molecule has 0 aliphatic carbocycles. The van der Waals surface area contributed by atoms with Crippen molar-refractivity contribution < 1.29 is 9.90 Å². The van der Waals surface area contributed by atoms with Gasteiger partial charge in [-0.25, -0.2) is 4.79 Å². The highest BCUT2D eigenvalue weighted by Gasteiger charge is 2.14. The number of rotatable bonds is 4. The number of hydrogen-bond donors (Lipinski definition) is 3. The molecule has 0 bridgehead atoms. The molecule has 1 heterocycles. The van der Waals surface area contributed by atoms with Gasteiger partial charge in [0.1, 0.15) is 5.56 Å². The van der Waals surface area contributed by atoms with Gasteiger partial charge in [-0.3, -0.25) is 24.5 Å². The van der Waals surface area contributed by atoms with Crippen LogP contribution in [0, 0.1) is 0 Å². The normalized spacial score (nSPS) is 11.0. The zero-order valence-electron chi connectivity index (χ0n) is 13.2. The molecule has 0 fully saturated rings. The lowest BCUT2D eigenvalue weighted by molar-refractivity contribution is 0.103. The number of aromatic nitrogens is 2. The van der Waals surface area contributed by atoms with Crippen LogP contribution in [0.15, 0.2) is 63.1 Å². The monoisotopic (exact) mass is 369 g/mol. The van der Waals surface area contributed by atoms with Gasteiger partial charge in [-0.2, -0.15) is 0 Å². The number of halogens is 1. The summed E-state index contributed by atoms with van der Waals surface area (Å²) in [5, 5.41) is 10.1. The number of nitrogens with one attached hydrogen (secondary N) is 2. The average Bonchev–Trinajstić information content (AvgIpc) is 2.62. The molecule has 1 aromatic heterocycles. The molecule has 130 valence electrons. The van der Waals surface area contributed by atoms with Crippen LogP contribution in [0.1, 0.15) is 21.5 Å². The fourth-order valence-corrected chi connectivity index (χ4v) is 2.46. The summed E-state index contributed by atoms with van der Waals surface area (Å²) >= 11 is 5.99. The molecule has 0 aliphatic heterocycles. The van der Waals surface area contributed by atoms with E-state index in [9.17, 15) is 19.5 Å². The lowest BCUT2D eigenvalue weighted by Crippen LogP contribution is -2.24. The van der Waals surface area contributed by atoms with Crippen molar-refractivity contribution in [3.05, 3.63) is 91.1 Å². The number of carbonyl (C=O) groups is 1. The van der Waals surface area contributed by atoms with Gasteiger partial charge in [0.2, 0.25) is 5.88 Å². The SMILES string of the molecule is O=C(c1ccccc1)c1cc(Cl)ccc1N=Cc1c(O)[nH]c(=O)[nH]c1=O. The molecule has 7 nitrogen and oxygen atoms in total. The first-order valence-electron chi connectivity index (χ1n) is 7.44. The number of hydrogen-bond acceptors (Lipinski definition) is 5. The summed E-state index contributed by atoms with van der Waals surface area (Å²) in [7, 11) is 0. The number of carbonyl (C=O) groups excluding carboxylic acids is 1. The van der Waals surface area contributed by atoms with Crippen LogP contribution in [0.3, 0.4) is 0 Å². The molecule has 0 amide bonds. The topological polar surface area (TPSA) is 115 Å². The Morgan fingerprint density at radius 1 is 1.08 bits per heavy atom. The highest BCUT2D eigenvalue weighted by Crippen LogP contribution is 2.26. The van der Waals surface area contributed by atoms with Crippen LogP contribution in [0.2, 0.25) is 5.02 Å². The summed E-state index contributed by atoms with van der Waals surface area (Å²) in [5.74, 6) is -0.910. The van der Waals surface area contributed by atoms with Crippen molar-refractivity contribution in [1.82, 2.24) is 9.97 Å². The zero-order chi connectivity index (χ0) is 18.7. The Balaban J connectivity index is 2.06. The Hall–Kier alpha value is -3.45. The molecule has 3 rings (SSSR count). The first kappa shape index (κ1) is 17.4. The summed E-state index contributed by atoms with van der Waals surface area (Å²) in [6, 6.07) is 13.1. The van der Waals surface area contributed by atoms with Gasteiger partial charge in [-0.05, 0) is 18.2 Å². The summed E-state index contributed by atoms with van der Waals surface area (Å²) in [6.07, 6.45) is 1.06. The van der Waals surface area contributed by atoms with E-state index in [4.69, 9.17) is 11.6 Å².